The normalized spacial score (nSPS) is 17.2. The zero-order valence-electron chi connectivity index (χ0n) is 34.0. The molecular formula is C56H51N. The second-order valence-corrected chi connectivity index (χ2v) is 18.6. The number of fused-ring (bicyclic) bond motifs is 12. The zero-order chi connectivity index (χ0) is 38.7. The van der Waals surface area contributed by atoms with Gasteiger partial charge in [-0.3, -0.25) is 0 Å². The van der Waals surface area contributed by atoms with Crippen molar-refractivity contribution >= 4 is 17.1 Å². The molecule has 0 radical (unpaired) electrons. The molecule has 0 heterocycles. The molecule has 1 heteroatoms. The SMILES string of the molecule is Cc1ccc(-c2cc3c(cc2N(c2ccccc2)c2ccc4c(c2)CCCC4)C2(c4ccccc4-c4ccccc42)c2ccccc2-3)c2c1C(C)(C)CCC2(C)C. The van der Waals surface area contributed by atoms with Gasteiger partial charge in [0.05, 0.1) is 11.1 Å². The van der Waals surface area contributed by atoms with E-state index < -0.39 is 5.41 Å². The second kappa shape index (κ2) is 12.4. The van der Waals surface area contributed by atoms with Crippen LogP contribution in [0.1, 0.15) is 103 Å². The van der Waals surface area contributed by atoms with E-state index in [2.05, 4.69) is 185 Å². The van der Waals surface area contributed by atoms with Crippen LogP contribution in [0, 0.1) is 6.92 Å². The van der Waals surface area contributed by atoms with Crippen LogP contribution in [0.5, 0.6) is 0 Å². The maximum atomic E-state index is 2.63. The van der Waals surface area contributed by atoms with Crippen LogP contribution in [0.4, 0.5) is 17.1 Å². The fourth-order valence-electron chi connectivity index (χ4n) is 11.8. The Morgan fingerprint density at radius 2 is 0.982 bits per heavy atom. The second-order valence-electron chi connectivity index (χ2n) is 18.6. The summed E-state index contributed by atoms with van der Waals surface area (Å²) in [7, 11) is 0. The van der Waals surface area contributed by atoms with Crippen LogP contribution in [0.15, 0.2) is 146 Å². The van der Waals surface area contributed by atoms with Crippen LogP contribution in [0.25, 0.3) is 33.4 Å². The van der Waals surface area contributed by atoms with Crippen molar-refractivity contribution in [2.24, 2.45) is 0 Å². The Kier molecular flexibility index (Phi) is 7.53. The lowest BCUT2D eigenvalue weighted by molar-refractivity contribution is 0.331. The van der Waals surface area contributed by atoms with E-state index >= 15 is 0 Å². The van der Waals surface area contributed by atoms with Crippen LogP contribution < -0.4 is 4.90 Å². The molecule has 11 rings (SSSR count). The topological polar surface area (TPSA) is 3.24 Å². The van der Waals surface area contributed by atoms with Gasteiger partial charge in [0, 0.05) is 16.9 Å². The summed E-state index contributed by atoms with van der Waals surface area (Å²) in [6.45, 7) is 12.3. The van der Waals surface area contributed by atoms with E-state index in [1.807, 2.05) is 0 Å². The molecule has 7 aromatic carbocycles. The molecule has 0 fully saturated rings. The molecule has 0 N–H and O–H groups in total. The smallest absolute Gasteiger partial charge is 0.0726 e. The molecule has 1 nitrogen and oxygen atoms in total. The van der Waals surface area contributed by atoms with Crippen LogP contribution in [0.3, 0.4) is 0 Å². The van der Waals surface area contributed by atoms with Gasteiger partial charge in [0.2, 0.25) is 0 Å². The Bertz CT molecular complexity index is 2720. The number of benzene rings is 7. The minimum Gasteiger partial charge on any atom is -0.310 e. The zero-order valence-corrected chi connectivity index (χ0v) is 34.0. The molecule has 0 aliphatic heterocycles. The molecule has 4 aliphatic rings. The summed E-state index contributed by atoms with van der Waals surface area (Å²) in [6.07, 6.45) is 7.20. The third kappa shape index (κ3) is 4.87. The lowest BCUT2D eigenvalue weighted by atomic mass is 9.60. The van der Waals surface area contributed by atoms with E-state index in [4.69, 9.17) is 0 Å². The standard InChI is InChI=1S/C56H51N/c1-36-27-30-44(53-52(36)54(2,3)31-32-55(53,4)5)46-34-45-43-23-13-16-26-49(43)56(47-24-14-11-21-41(47)42-22-12-15-25-48(42)56)50(45)35-51(46)57(39-19-7-6-8-20-39)40-29-28-37-17-9-10-18-38(37)33-40/h6-8,11-16,19-30,33-35H,9-10,17-18,31-32H2,1-5H3. The molecule has 1 spiro atoms. The molecule has 280 valence electrons. The minimum atomic E-state index is -0.432. The first-order valence-electron chi connectivity index (χ1n) is 21.3. The third-order valence-corrected chi connectivity index (χ3v) is 14.4. The van der Waals surface area contributed by atoms with Gasteiger partial charge < -0.3 is 4.90 Å². The summed E-state index contributed by atoms with van der Waals surface area (Å²) in [6, 6.07) is 56.3. The van der Waals surface area contributed by atoms with Crippen molar-refractivity contribution in [1.29, 1.82) is 0 Å². The molecule has 0 bridgehead atoms. The monoisotopic (exact) mass is 737 g/mol. The Balaban J connectivity index is 1.30. The number of hydrogen-bond acceptors (Lipinski definition) is 1. The van der Waals surface area contributed by atoms with Gasteiger partial charge in [-0.25, -0.2) is 0 Å². The lowest BCUT2D eigenvalue weighted by Gasteiger charge is -2.44. The Hall–Kier alpha value is -5.66. The van der Waals surface area contributed by atoms with Gasteiger partial charge in [-0.15, -0.1) is 0 Å². The van der Waals surface area contributed by atoms with Crippen molar-refractivity contribution in [3.05, 3.63) is 196 Å². The summed E-state index contributed by atoms with van der Waals surface area (Å²) in [4.78, 5) is 2.60. The number of rotatable bonds is 4. The van der Waals surface area contributed by atoms with Gasteiger partial charge in [0.1, 0.15) is 0 Å². The maximum Gasteiger partial charge on any atom is 0.0726 e. The maximum absolute atomic E-state index is 2.63. The van der Waals surface area contributed by atoms with Crippen molar-refractivity contribution in [1.82, 2.24) is 0 Å². The van der Waals surface area contributed by atoms with E-state index in [-0.39, 0.29) is 10.8 Å². The largest absolute Gasteiger partial charge is 0.310 e. The summed E-state index contributed by atoms with van der Waals surface area (Å²) in [5.74, 6) is 0. The van der Waals surface area contributed by atoms with E-state index in [1.165, 1.54) is 121 Å². The molecule has 0 aromatic heterocycles. The average Bonchev–Trinajstić information content (AvgIpc) is 3.69. The van der Waals surface area contributed by atoms with E-state index in [9.17, 15) is 0 Å². The Labute approximate surface area is 339 Å². The van der Waals surface area contributed by atoms with E-state index in [1.54, 1.807) is 5.56 Å². The molecule has 0 unspecified atom stereocenters. The quantitative estimate of drug-likeness (QED) is 0.174. The summed E-state index contributed by atoms with van der Waals surface area (Å²) < 4.78 is 0. The highest BCUT2D eigenvalue weighted by atomic mass is 15.1. The van der Waals surface area contributed by atoms with Gasteiger partial charge in [-0.05, 0) is 171 Å². The van der Waals surface area contributed by atoms with Gasteiger partial charge in [-0.1, -0.05) is 137 Å². The minimum absolute atomic E-state index is 0.0222. The third-order valence-electron chi connectivity index (χ3n) is 14.4. The highest BCUT2D eigenvalue weighted by Gasteiger charge is 2.52. The van der Waals surface area contributed by atoms with Crippen LogP contribution in [-0.2, 0) is 29.1 Å². The summed E-state index contributed by atoms with van der Waals surface area (Å²) >= 11 is 0. The Morgan fingerprint density at radius 3 is 1.63 bits per heavy atom. The number of para-hydroxylation sites is 1. The van der Waals surface area contributed by atoms with Crippen LogP contribution in [-0.4, -0.2) is 0 Å². The molecule has 0 saturated heterocycles. The number of aryl methyl sites for hydroxylation is 3. The molecule has 0 amide bonds. The van der Waals surface area contributed by atoms with E-state index in [0.717, 1.165) is 12.8 Å². The van der Waals surface area contributed by atoms with Crippen molar-refractivity contribution in [2.45, 2.75) is 89.4 Å². The number of nitrogens with zero attached hydrogens (tertiary/aromatic N) is 1. The Morgan fingerprint density at radius 1 is 0.421 bits per heavy atom. The first-order chi connectivity index (χ1) is 27.7. The molecule has 57 heavy (non-hydrogen) atoms. The van der Waals surface area contributed by atoms with E-state index in [0.29, 0.717) is 0 Å². The predicted octanol–water partition coefficient (Wildman–Crippen LogP) is 14.7. The fraction of sp³-hybridized carbons (Fsp3) is 0.250. The number of hydrogen-bond donors (Lipinski definition) is 0. The van der Waals surface area contributed by atoms with Crippen LogP contribution >= 0.6 is 0 Å². The highest BCUT2D eigenvalue weighted by molar-refractivity contribution is 6.00. The number of anilines is 3. The molecule has 0 saturated carbocycles. The summed E-state index contributed by atoms with van der Waals surface area (Å²) in [5.41, 5.74) is 24.4. The van der Waals surface area contributed by atoms with Gasteiger partial charge in [-0.2, -0.15) is 0 Å². The van der Waals surface area contributed by atoms with Gasteiger partial charge in [0.15, 0.2) is 0 Å². The van der Waals surface area contributed by atoms with Crippen molar-refractivity contribution in [3.8, 4) is 33.4 Å². The van der Waals surface area contributed by atoms with Crippen LogP contribution in [0.2, 0.25) is 0 Å². The molecule has 4 aliphatic carbocycles. The predicted molar refractivity (Wildman–Crippen MR) is 240 cm³/mol. The van der Waals surface area contributed by atoms with Gasteiger partial charge >= 0.3 is 0 Å². The molecular weight excluding hydrogens is 687 g/mol. The summed E-state index contributed by atoms with van der Waals surface area (Å²) in [5, 5.41) is 0. The average molecular weight is 738 g/mol. The fourth-order valence-corrected chi connectivity index (χ4v) is 11.8. The lowest BCUT2D eigenvalue weighted by Crippen LogP contribution is -2.35. The first-order valence-corrected chi connectivity index (χ1v) is 21.3. The highest BCUT2D eigenvalue weighted by Crippen LogP contribution is 2.64. The van der Waals surface area contributed by atoms with Crippen molar-refractivity contribution in [2.75, 3.05) is 4.90 Å². The molecule has 0 atom stereocenters. The van der Waals surface area contributed by atoms with Gasteiger partial charge in [0.25, 0.3) is 0 Å². The first kappa shape index (κ1) is 34.6. The van der Waals surface area contributed by atoms with Crippen molar-refractivity contribution < 1.29 is 0 Å². The van der Waals surface area contributed by atoms with Crippen molar-refractivity contribution in [3.63, 3.8) is 0 Å². The molecule has 7 aromatic rings.